The Morgan fingerprint density at radius 3 is 2.48 bits per heavy atom. The molecule has 0 radical (unpaired) electrons. The lowest BCUT2D eigenvalue weighted by molar-refractivity contribution is -0.131. The van der Waals surface area contributed by atoms with Gasteiger partial charge < -0.3 is 20.4 Å². The maximum Gasteiger partial charge on any atom is 0.224 e. The van der Waals surface area contributed by atoms with Crippen LogP contribution in [0.5, 0.6) is 0 Å². The number of guanidine groups is 1. The number of aliphatic imine (C=N–C) groups is 1. The summed E-state index contributed by atoms with van der Waals surface area (Å²) in [4.78, 5) is 20.7. The molecule has 148 valence electrons. The fourth-order valence-corrected chi connectivity index (χ4v) is 2.76. The van der Waals surface area contributed by atoms with Gasteiger partial charge in [0.05, 0.1) is 13.1 Å². The van der Waals surface area contributed by atoms with E-state index in [1.165, 1.54) is 12.1 Å². The number of piperazine rings is 1. The molecule has 2 rings (SSSR count). The summed E-state index contributed by atoms with van der Waals surface area (Å²) in [5.41, 5.74) is 0.984. The van der Waals surface area contributed by atoms with Gasteiger partial charge in [0.2, 0.25) is 5.91 Å². The van der Waals surface area contributed by atoms with E-state index in [2.05, 4.69) is 26.4 Å². The summed E-state index contributed by atoms with van der Waals surface area (Å²) in [6.45, 7) is 6.32. The molecule has 1 aliphatic rings. The van der Waals surface area contributed by atoms with Crippen molar-refractivity contribution in [3.8, 4) is 12.3 Å². The van der Waals surface area contributed by atoms with Gasteiger partial charge in [0.25, 0.3) is 0 Å². The number of rotatable bonds is 6. The summed E-state index contributed by atoms with van der Waals surface area (Å²) in [7, 11) is 0. The van der Waals surface area contributed by atoms with Crippen LogP contribution in [-0.2, 0) is 4.79 Å². The minimum Gasteiger partial charge on any atom is -0.368 e. The van der Waals surface area contributed by atoms with Crippen LogP contribution in [0.2, 0.25) is 0 Å². The highest BCUT2D eigenvalue weighted by Gasteiger charge is 2.20. The van der Waals surface area contributed by atoms with E-state index >= 15 is 0 Å². The Morgan fingerprint density at radius 2 is 1.89 bits per heavy atom. The molecule has 0 aromatic heterocycles. The number of carbonyl (C=O) groups excluding carboxylic acids is 1. The van der Waals surface area contributed by atoms with Crippen molar-refractivity contribution in [3.63, 3.8) is 0 Å². The molecule has 1 fully saturated rings. The molecule has 0 aliphatic carbocycles. The Kier molecular flexibility index (Phi) is 10.6. The van der Waals surface area contributed by atoms with Gasteiger partial charge in [-0.05, 0) is 31.2 Å². The Hall–Kier alpha value is -2.02. The minimum atomic E-state index is -0.239. The van der Waals surface area contributed by atoms with Crippen LogP contribution in [0.4, 0.5) is 10.1 Å². The van der Waals surface area contributed by atoms with Gasteiger partial charge in [0.1, 0.15) is 5.82 Å². The largest absolute Gasteiger partial charge is 0.368 e. The third-order valence-electron chi connectivity index (χ3n) is 4.12. The molecule has 0 atom stereocenters. The number of halogens is 2. The third-order valence-corrected chi connectivity index (χ3v) is 4.12. The fraction of sp³-hybridized carbons (Fsp3) is 0.474. The summed E-state index contributed by atoms with van der Waals surface area (Å²) < 4.78 is 13.0. The Morgan fingerprint density at radius 1 is 1.22 bits per heavy atom. The van der Waals surface area contributed by atoms with Gasteiger partial charge in [-0.3, -0.25) is 9.79 Å². The maximum absolute atomic E-state index is 13.0. The lowest BCUT2D eigenvalue weighted by Gasteiger charge is -2.36. The van der Waals surface area contributed by atoms with Gasteiger partial charge >= 0.3 is 0 Å². The van der Waals surface area contributed by atoms with Crippen molar-refractivity contribution < 1.29 is 9.18 Å². The van der Waals surface area contributed by atoms with Crippen LogP contribution in [0, 0.1) is 18.2 Å². The zero-order valence-electron chi connectivity index (χ0n) is 15.6. The number of benzene rings is 1. The van der Waals surface area contributed by atoms with Gasteiger partial charge in [-0.25, -0.2) is 4.39 Å². The van der Waals surface area contributed by atoms with Crippen LogP contribution in [0.15, 0.2) is 29.3 Å². The standard InChI is InChI=1S/C19H26FN5O.HI/c1-3-10-22-19(21-4-2)23-11-9-18(26)25-14-12-24(13-15-25)17-7-5-16(20)6-8-17;/h1,5-8H,4,9-15H2,2H3,(H2,21,22,23);1H. The summed E-state index contributed by atoms with van der Waals surface area (Å²) in [6.07, 6.45) is 5.59. The summed E-state index contributed by atoms with van der Waals surface area (Å²) in [5, 5.41) is 6.08. The summed E-state index contributed by atoms with van der Waals surface area (Å²) >= 11 is 0. The normalized spacial score (nSPS) is 14.2. The number of nitrogens with zero attached hydrogens (tertiary/aromatic N) is 3. The number of hydrogen-bond acceptors (Lipinski definition) is 3. The molecule has 1 amide bonds. The average Bonchev–Trinajstić information content (AvgIpc) is 2.66. The van der Waals surface area contributed by atoms with Gasteiger partial charge in [-0.1, -0.05) is 5.92 Å². The molecule has 1 aromatic rings. The predicted molar refractivity (Wildman–Crippen MR) is 118 cm³/mol. The number of amides is 1. The van der Waals surface area contributed by atoms with Crippen LogP contribution in [0.25, 0.3) is 0 Å². The highest BCUT2D eigenvalue weighted by Crippen LogP contribution is 2.17. The second-order valence-corrected chi connectivity index (χ2v) is 5.91. The molecule has 1 aromatic carbocycles. The second-order valence-electron chi connectivity index (χ2n) is 5.91. The van der Waals surface area contributed by atoms with E-state index in [1.54, 1.807) is 12.1 Å². The van der Waals surface area contributed by atoms with Crippen molar-refractivity contribution in [1.29, 1.82) is 0 Å². The van der Waals surface area contributed by atoms with Gasteiger partial charge in [0.15, 0.2) is 5.96 Å². The number of hydrogen-bond donors (Lipinski definition) is 2. The smallest absolute Gasteiger partial charge is 0.224 e. The molecule has 0 spiro atoms. The Balaban J connectivity index is 0.00000364. The number of anilines is 1. The van der Waals surface area contributed by atoms with E-state index in [1.807, 2.05) is 11.8 Å². The monoisotopic (exact) mass is 487 g/mol. The molecule has 1 aliphatic heterocycles. The molecular formula is C19H27FIN5O. The molecule has 0 bridgehead atoms. The topological polar surface area (TPSA) is 60.0 Å². The second kappa shape index (κ2) is 12.4. The highest BCUT2D eigenvalue weighted by atomic mass is 127. The van der Waals surface area contributed by atoms with Crippen LogP contribution in [0.1, 0.15) is 13.3 Å². The van der Waals surface area contributed by atoms with Crippen molar-refractivity contribution in [3.05, 3.63) is 30.1 Å². The summed E-state index contributed by atoms with van der Waals surface area (Å²) in [5.74, 6) is 2.98. The molecule has 27 heavy (non-hydrogen) atoms. The zero-order chi connectivity index (χ0) is 18.8. The first-order valence-electron chi connectivity index (χ1n) is 8.88. The third kappa shape index (κ3) is 7.62. The Labute approximate surface area is 177 Å². The van der Waals surface area contributed by atoms with Crippen molar-refractivity contribution >= 4 is 41.5 Å². The average molecular weight is 487 g/mol. The lowest BCUT2D eigenvalue weighted by atomic mass is 10.2. The number of nitrogens with one attached hydrogen (secondary N) is 2. The van der Waals surface area contributed by atoms with E-state index in [4.69, 9.17) is 6.42 Å². The van der Waals surface area contributed by atoms with Crippen molar-refractivity contribution in [1.82, 2.24) is 15.5 Å². The summed E-state index contributed by atoms with van der Waals surface area (Å²) in [6, 6.07) is 6.46. The molecule has 1 saturated heterocycles. The first-order valence-corrected chi connectivity index (χ1v) is 8.88. The number of carbonyl (C=O) groups is 1. The predicted octanol–water partition coefficient (Wildman–Crippen LogP) is 1.67. The first-order chi connectivity index (χ1) is 12.6. The molecular weight excluding hydrogens is 460 g/mol. The van der Waals surface area contributed by atoms with E-state index in [9.17, 15) is 9.18 Å². The zero-order valence-corrected chi connectivity index (χ0v) is 17.9. The fourth-order valence-electron chi connectivity index (χ4n) is 2.76. The minimum absolute atomic E-state index is 0. The van der Waals surface area contributed by atoms with E-state index in [0.717, 1.165) is 25.3 Å². The molecule has 0 unspecified atom stereocenters. The quantitative estimate of drug-likeness (QED) is 0.278. The SMILES string of the molecule is C#CCNC(=NCCC(=O)N1CCN(c2ccc(F)cc2)CC1)NCC.I. The molecule has 6 nitrogen and oxygen atoms in total. The van der Waals surface area contributed by atoms with E-state index < -0.39 is 0 Å². The van der Waals surface area contributed by atoms with Crippen LogP contribution in [-0.4, -0.2) is 62.6 Å². The van der Waals surface area contributed by atoms with Crippen molar-refractivity contribution in [2.45, 2.75) is 13.3 Å². The first kappa shape index (κ1) is 23.0. The van der Waals surface area contributed by atoms with E-state index in [0.29, 0.717) is 38.6 Å². The molecule has 0 saturated carbocycles. The van der Waals surface area contributed by atoms with Gasteiger partial charge in [0, 0.05) is 44.8 Å². The molecule has 1 heterocycles. The van der Waals surface area contributed by atoms with E-state index in [-0.39, 0.29) is 35.7 Å². The maximum atomic E-state index is 13.0. The van der Waals surface area contributed by atoms with Crippen LogP contribution >= 0.6 is 24.0 Å². The van der Waals surface area contributed by atoms with Crippen LogP contribution in [0.3, 0.4) is 0 Å². The van der Waals surface area contributed by atoms with Gasteiger partial charge in [-0.15, -0.1) is 30.4 Å². The molecule has 8 heteroatoms. The Bertz CT molecular complexity index is 651. The molecule has 2 N–H and O–H groups in total. The number of terminal acetylenes is 1. The highest BCUT2D eigenvalue weighted by molar-refractivity contribution is 14.0. The van der Waals surface area contributed by atoms with Crippen LogP contribution < -0.4 is 15.5 Å². The van der Waals surface area contributed by atoms with Gasteiger partial charge in [-0.2, -0.15) is 0 Å². The van der Waals surface area contributed by atoms with Crippen molar-refractivity contribution in [2.75, 3.05) is 50.7 Å². The van der Waals surface area contributed by atoms with Crippen molar-refractivity contribution in [2.24, 2.45) is 4.99 Å². The lowest BCUT2D eigenvalue weighted by Crippen LogP contribution is -2.49.